The van der Waals surface area contributed by atoms with Crippen LogP contribution in [0.15, 0.2) is 97.2 Å². The van der Waals surface area contributed by atoms with Gasteiger partial charge in [0.15, 0.2) is 0 Å². The van der Waals surface area contributed by atoms with E-state index in [0.717, 1.165) is 64.2 Å². The van der Waals surface area contributed by atoms with Crippen LogP contribution in [0.3, 0.4) is 0 Å². The highest BCUT2D eigenvalue weighted by Crippen LogP contribution is 2.16. The van der Waals surface area contributed by atoms with Crippen molar-refractivity contribution < 1.29 is 24.5 Å². The van der Waals surface area contributed by atoms with E-state index in [0.29, 0.717) is 19.3 Å². The standard InChI is InChI=1S/C60H103NO5/c1-4-7-10-13-16-19-22-24-26-28-29-31-33-35-38-41-44-47-50-53-60(65)66-56(51-48-45-42-39-36-21-18-15-12-9-6-3)54-59(64)61-57(55-62)58(63)52-49-46-43-40-37-34-32-30-27-25-23-20-17-14-11-8-5-2/h7,10,16,19,24,26,29,31,35,38-39,42,44,47-48,51,56-58,62-63H,4-6,8-9,11-15,17-18,20-23,25,27-28,30,32-34,36-37,40-41,43,45-46,49-50,52-55H2,1-3H3,(H,61,64)/b10-7-,19-16-,26-24-,31-29-,38-35-,42-39-,47-44-,51-48+. The van der Waals surface area contributed by atoms with Gasteiger partial charge in [0.25, 0.3) is 0 Å². The van der Waals surface area contributed by atoms with Crippen LogP contribution in [0.2, 0.25) is 0 Å². The van der Waals surface area contributed by atoms with Crippen molar-refractivity contribution in [3.63, 3.8) is 0 Å². The van der Waals surface area contributed by atoms with Crippen LogP contribution in [-0.4, -0.2) is 46.9 Å². The van der Waals surface area contributed by atoms with Crippen molar-refractivity contribution in [1.29, 1.82) is 0 Å². The molecule has 0 aliphatic carbocycles. The van der Waals surface area contributed by atoms with Gasteiger partial charge in [-0.15, -0.1) is 0 Å². The Balaban J connectivity index is 4.66. The van der Waals surface area contributed by atoms with E-state index in [2.05, 4.69) is 105 Å². The zero-order valence-electron chi connectivity index (χ0n) is 43.0. The summed E-state index contributed by atoms with van der Waals surface area (Å²) >= 11 is 0. The van der Waals surface area contributed by atoms with Crippen LogP contribution >= 0.6 is 0 Å². The van der Waals surface area contributed by atoms with Crippen molar-refractivity contribution in [2.45, 2.75) is 264 Å². The lowest BCUT2D eigenvalue weighted by Gasteiger charge is -2.23. The molecular formula is C60H103NO5. The van der Waals surface area contributed by atoms with E-state index < -0.39 is 18.2 Å². The Hall–Kier alpha value is -3.22. The van der Waals surface area contributed by atoms with E-state index in [-0.39, 0.29) is 31.3 Å². The predicted molar refractivity (Wildman–Crippen MR) is 287 cm³/mol. The Morgan fingerprint density at radius 3 is 1.29 bits per heavy atom. The molecule has 0 bridgehead atoms. The van der Waals surface area contributed by atoms with E-state index in [1.807, 2.05) is 12.2 Å². The Morgan fingerprint density at radius 1 is 0.470 bits per heavy atom. The van der Waals surface area contributed by atoms with Gasteiger partial charge in [0, 0.05) is 6.42 Å². The molecular weight excluding hydrogens is 815 g/mol. The Labute approximate surface area is 407 Å². The molecule has 0 radical (unpaired) electrons. The molecule has 0 heterocycles. The normalized spacial score (nSPS) is 14.0. The molecule has 0 aromatic rings. The minimum absolute atomic E-state index is 0.0635. The summed E-state index contributed by atoms with van der Waals surface area (Å²) in [7, 11) is 0. The van der Waals surface area contributed by atoms with Crippen LogP contribution in [0.5, 0.6) is 0 Å². The smallest absolute Gasteiger partial charge is 0.306 e. The first-order valence-electron chi connectivity index (χ1n) is 27.5. The minimum Gasteiger partial charge on any atom is -0.458 e. The van der Waals surface area contributed by atoms with Gasteiger partial charge in [-0.2, -0.15) is 0 Å². The van der Waals surface area contributed by atoms with E-state index >= 15 is 0 Å². The summed E-state index contributed by atoms with van der Waals surface area (Å²) in [6, 6.07) is -0.753. The van der Waals surface area contributed by atoms with Gasteiger partial charge in [0.2, 0.25) is 5.91 Å². The highest BCUT2D eigenvalue weighted by Gasteiger charge is 2.23. The quantitative estimate of drug-likeness (QED) is 0.0321. The second-order valence-corrected chi connectivity index (χ2v) is 18.2. The lowest BCUT2D eigenvalue weighted by Crippen LogP contribution is -2.46. The molecule has 66 heavy (non-hydrogen) atoms. The molecule has 378 valence electrons. The first-order valence-corrected chi connectivity index (χ1v) is 27.5. The molecule has 0 rings (SSSR count). The van der Waals surface area contributed by atoms with E-state index in [4.69, 9.17) is 4.74 Å². The molecule has 6 nitrogen and oxygen atoms in total. The van der Waals surface area contributed by atoms with Crippen molar-refractivity contribution >= 4 is 11.9 Å². The topological polar surface area (TPSA) is 95.9 Å². The summed E-state index contributed by atoms with van der Waals surface area (Å²) in [5.74, 6) is -0.707. The van der Waals surface area contributed by atoms with Crippen LogP contribution in [0, 0.1) is 0 Å². The molecule has 0 saturated heterocycles. The van der Waals surface area contributed by atoms with Crippen molar-refractivity contribution in [1.82, 2.24) is 5.32 Å². The molecule has 3 N–H and O–H groups in total. The fraction of sp³-hybridized carbons (Fsp3) is 0.700. The highest BCUT2D eigenvalue weighted by atomic mass is 16.5. The Kier molecular flexibility index (Phi) is 50.2. The maximum absolute atomic E-state index is 13.2. The van der Waals surface area contributed by atoms with Crippen molar-refractivity contribution in [3.05, 3.63) is 97.2 Å². The molecule has 0 aromatic heterocycles. The van der Waals surface area contributed by atoms with Crippen LogP contribution in [-0.2, 0) is 14.3 Å². The average molecular weight is 918 g/mol. The number of ether oxygens (including phenoxy) is 1. The number of esters is 1. The van der Waals surface area contributed by atoms with Gasteiger partial charge in [-0.05, 0) is 76.7 Å². The maximum Gasteiger partial charge on any atom is 0.306 e. The summed E-state index contributed by atoms with van der Waals surface area (Å²) in [4.78, 5) is 26.1. The van der Waals surface area contributed by atoms with E-state index in [9.17, 15) is 19.8 Å². The third-order valence-electron chi connectivity index (χ3n) is 11.9. The molecule has 3 unspecified atom stereocenters. The number of carbonyl (C=O) groups excluding carboxylic acids is 2. The molecule has 0 aromatic carbocycles. The fourth-order valence-electron chi connectivity index (χ4n) is 7.77. The molecule has 0 spiro atoms. The van der Waals surface area contributed by atoms with Crippen molar-refractivity contribution in [2.24, 2.45) is 0 Å². The molecule has 0 aliphatic heterocycles. The zero-order valence-corrected chi connectivity index (χ0v) is 43.0. The summed E-state index contributed by atoms with van der Waals surface area (Å²) < 4.78 is 5.79. The summed E-state index contributed by atoms with van der Waals surface area (Å²) in [6.45, 7) is 6.32. The van der Waals surface area contributed by atoms with Gasteiger partial charge in [-0.3, -0.25) is 9.59 Å². The summed E-state index contributed by atoms with van der Waals surface area (Å²) in [5, 5.41) is 23.8. The number of aliphatic hydroxyl groups excluding tert-OH is 2. The average Bonchev–Trinajstić information content (AvgIpc) is 3.31. The van der Waals surface area contributed by atoms with E-state index in [1.54, 1.807) is 6.08 Å². The van der Waals surface area contributed by atoms with Gasteiger partial charge in [0.1, 0.15) is 6.10 Å². The number of hydrogen-bond acceptors (Lipinski definition) is 5. The second kappa shape index (κ2) is 52.7. The Bertz CT molecular complexity index is 1310. The lowest BCUT2D eigenvalue weighted by molar-refractivity contribution is -0.148. The van der Waals surface area contributed by atoms with Gasteiger partial charge in [-0.25, -0.2) is 0 Å². The zero-order chi connectivity index (χ0) is 48.1. The predicted octanol–water partition coefficient (Wildman–Crippen LogP) is 16.9. The molecule has 6 heteroatoms. The number of allylic oxidation sites excluding steroid dienone is 15. The molecule has 1 amide bonds. The van der Waals surface area contributed by atoms with Gasteiger partial charge < -0.3 is 20.3 Å². The minimum atomic E-state index is -0.829. The number of hydrogen-bond donors (Lipinski definition) is 3. The van der Waals surface area contributed by atoms with Gasteiger partial charge in [-0.1, -0.05) is 253 Å². The molecule has 3 atom stereocenters. The second-order valence-electron chi connectivity index (χ2n) is 18.2. The Morgan fingerprint density at radius 2 is 0.848 bits per heavy atom. The molecule has 0 saturated carbocycles. The van der Waals surface area contributed by atoms with Crippen molar-refractivity contribution in [2.75, 3.05) is 6.61 Å². The third-order valence-corrected chi connectivity index (χ3v) is 11.9. The number of carbonyl (C=O) groups is 2. The third kappa shape index (κ3) is 47.3. The highest BCUT2D eigenvalue weighted by molar-refractivity contribution is 5.78. The van der Waals surface area contributed by atoms with E-state index in [1.165, 1.54) is 128 Å². The fourth-order valence-corrected chi connectivity index (χ4v) is 7.77. The van der Waals surface area contributed by atoms with Gasteiger partial charge in [0.05, 0.1) is 25.2 Å². The first-order chi connectivity index (χ1) is 32.5. The SMILES string of the molecule is CC/C=C\C/C=C\C/C=C\C/C=C\C/C=C\C/C=C\CCC(=O)OC(/C=C/C/C=C\CCCCCCCC)CC(=O)NC(CO)C(O)CCCCCCCCCCCCCCCCCCC. The summed E-state index contributed by atoms with van der Waals surface area (Å²) in [5.41, 5.74) is 0. The van der Waals surface area contributed by atoms with Gasteiger partial charge >= 0.3 is 5.97 Å². The first kappa shape index (κ1) is 62.8. The van der Waals surface area contributed by atoms with Crippen LogP contribution in [0.1, 0.15) is 245 Å². The van der Waals surface area contributed by atoms with Crippen LogP contribution < -0.4 is 5.32 Å². The summed E-state index contributed by atoms with van der Waals surface area (Å²) in [6.07, 6.45) is 70.9. The largest absolute Gasteiger partial charge is 0.458 e. The number of nitrogens with one attached hydrogen (secondary N) is 1. The number of unbranched alkanes of at least 4 members (excludes halogenated alkanes) is 22. The number of amides is 1. The maximum atomic E-state index is 13.2. The lowest BCUT2D eigenvalue weighted by atomic mass is 10.0. The van der Waals surface area contributed by atoms with Crippen molar-refractivity contribution in [3.8, 4) is 0 Å². The molecule has 0 aliphatic rings. The van der Waals surface area contributed by atoms with Crippen LogP contribution in [0.25, 0.3) is 0 Å². The molecule has 0 fully saturated rings. The number of rotatable bonds is 48. The van der Waals surface area contributed by atoms with Crippen LogP contribution in [0.4, 0.5) is 0 Å². The monoisotopic (exact) mass is 918 g/mol. The number of aliphatic hydroxyl groups is 2.